The fraction of sp³-hybridized carbons (Fsp3) is 0.545. The molecule has 0 aliphatic rings. The Bertz CT molecular complexity index is 293. The van der Waals surface area contributed by atoms with Crippen LogP contribution in [0.1, 0.15) is 37.0 Å². The highest BCUT2D eigenvalue weighted by Crippen LogP contribution is 2.15. The molecule has 0 aliphatic carbocycles. The molecule has 1 aromatic rings. The van der Waals surface area contributed by atoms with Gasteiger partial charge in [0, 0.05) is 0 Å². The van der Waals surface area contributed by atoms with E-state index >= 15 is 0 Å². The van der Waals surface area contributed by atoms with Crippen molar-refractivity contribution in [3.63, 3.8) is 0 Å². The number of aliphatic hydroxyl groups is 1. The van der Waals surface area contributed by atoms with Crippen molar-refractivity contribution in [2.24, 2.45) is 0 Å². The summed E-state index contributed by atoms with van der Waals surface area (Å²) in [5.74, 6) is -0.207. The van der Waals surface area contributed by atoms with Crippen LogP contribution in [0.4, 0.5) is 0 Å². The number of carbonyl (C=O) groups excluding carboxylic acids is 1. The van der Waals surface area contributed by atoms with Gasteiger partial charge in [0.25, 0.3) is 5.91 Å². The average Bonchev–Trinajstić information content (AvgIpc) is 2.79. The van der Waals surface area contributed by atoms with Crippen molar-refractivity contribution < 1.29 is 14.3 Å². The maximum absolute atomic E-state index is 11.7. The summed E-state index contributed by atoms with van der Waals surface area (Å²) in [6.07, 6.45) is 4.24. The summed E-state index contributed by atoms with van der Waals surface area (Å²) in [5, 5.41) is 12.1. The van der Waals surface area contributed by atoms with Crippen LogP contribution in [0, 0.1) is 0 Å². The maximum atomic E-state index is 11.7. The molecule has 4 nitrogen and oxygen atoms in total. The van der Waals surface area contributed by atoms with Crippen LogP contribution in [-0.2, 0) is 0 Å². The van der Waals surface area contributed by atoms with Crippen molar-refractivity contribution in [1.82, 2.24) is 5.32 Å². The normalized spacial score (nSPS) is 11.4. The lowest BCUT2D eigenvalue weighted by atomic mass is 9.93. The van der Waals surface area contributed by atoms with Crippen molar-refractivity contribution in [3.05, 3.63) is 24.2 Å². The molecule has 0 bridgehead atoms. The molecule has 4 heteroatoms. The van der Waals surface area contributed by atoms with E-state index in [1.807, 2.05) is 13.8 Å². The molecule has 0 radical (unpaired) electrons. The van der Waals surface area contributed by atoms with Crippen LogP contribution in [0.2, 0.25) is 0 Å². The lowest BCUT2D eigenvalue weighted by Gasteiger charge is -2.30. The monoisotopic (exact) mass is 211 g/mol. The minimum absolute atomic E-state index is 0.0520. The lowest BCUT2D eigenvalue weighted by Crippen LogP contribution is -2.50. The number of aliphatic hydroxyl groups excluding tert-OH is 1. The minimum Gasteiger partial charge on any atom is -0.472 e. The first-order valence-corrected chi connectivity index (χ1v) is 5.13. The molecule has 2 N–H and O–H groups in total. The Hall–Kier alpha value is -1.29. The Morgan fingerprint density at radius 2 is 2.20 bits per heavy atom. The summed E-state index contributed by atoms with van der Waals surface area (Å²) in [6.45, 7) is 3.83. The van der Waals surface area contributed by atoms with Crippen molar-refractivity contribution in [2.45, 2.75) is 32.2 Å². The number of furan rings is 1. The number of amides is 1. The van der Waals surface area contributed by atoms with E-state index in [4.69, 9.17) is 4.42 Å². The molecule has 0 spiro atoms. The van der Waals surface area contributed by atoms with E-state index in [1.54, 1.807) is 6.07 Å². The first-order valence-electron chi connectivity index (χ1n) is 5.13. The molecule has 0 saturated heterocycles. The van der Waals surface area contributed by atoms with Gasteiger partial charge in [-0.05, 0) is 18.9 Å². The number of hydrogen-bond donors (Lipinski definition) is 2. The van der Waals surface area contributed by atoms with Gasteiger partial charge in [0.2, 0.25) is 0 Å². The van der Waals surface area contributed by atoms with Crippen LogP contribution in [0.25, 0.3) is 0 Å². The predicted molar refractivity (Wildman–Crippen MR) is 56.6 cm³/mol. The summed E-state index contributed by atoms with van der Waals surface area (Å²) in [5.41, 5.74) is -0.0383. The van der Waals surface area contributed by atoms with Crippen LogP contribution in [0.5, 0.6) is 0 Å². The Morgan fingerprint density at radius 3 is 2.60 bits per heavy atom. The quantitative estimate of drug-likeness (QED) is 0.777. The van der Waals surface area contributed by atoms with Gasteiger partial charge in [-0.2, -0.15) is 0 Å². The van der Waals surface area contributed by atoms with Crippen LogP contribution in [0.15, 0.2) is 23.0 Å². The van der Waals surface area contributed by atoms with Crippen LogP contribution < -0.4 is 5.32 Å². The van der Waals surface area contributed by atoms with Gasteiger partial charge in [-0.1, -0.05) is 13.8 Å². The zero-order valence-corrected chi connectivity index (χ0v) is 9.12. The van der Waals surface area contributed by atoms with Gasteiger partial charge in [-0.15, -0.1) is 0 Å². The van der Waals surface area contributed by atoms with Crippen LogP contribution in [-0.4, -0.2) is 23.2 Å². The SMILES string of the molecule is CCC(CC)(CO)NC(=O)c1ccoc1. The molecule has 84 valence electrons. The molecule has 0 atom stereocenters. The van der Waals surface area contributed by atoms with E-state index in [1.165, 1.54) is 12.5 Å². The molecule has 1 aromatic heterocycles. The third kappa shape index (κ3) is 2.59. The van der Waals surface area contributed by atoms with Crippen molar-refractivity contribution in [3.8, 4) is 0 Å². The van der Waals surface area contributed by atoms with Crippen LogP contribution >= 0.6 is 0 Å². The highest BCUT2D eigenvalue weighted by molar-refractivity contribution is 5.94. The Morgan fingerprint density at radius 1 is 1.53 bits per heavy atom. The molecule has 15 heavy (non-hydrogen) atoms. The second kappa shape index (κ2) is 4.98. The van der Waals surface area contributed by atoms with E-state index in [0.29, 0.717) is 18.4 Å². The standard InChI is InChI=1S/C11H17NO3/c1-3-11(4-2,8-13)12-10(14)9-5-6-15-7-9/h5-7,13H,3-4,8H2,1-2H3,(H,12,14). The summed E-state index contributed by atoms with van der Waals surface area (Å²) in [6, 6.07) is 1.60. The van der Waals surface area contributed by atoms with Crippen molar-refractivity contribution in [2.75, 3.05) is 6.61 Å². The second-order valence-electron chi connectivity index (χ2n) is 3.61. The third-order valence-electron chi connectivity index (χ3n) is 2.82. The summed E-state index contributed by atoms with van der Waals surface area (Å²) < 4.78 is 4.83. The third-order valence-corrected chi connectivity index (χ3v) is 2.82. The molecule has 1 amide bonds. The number of nitrogens with one attached hydrogen (secondary N) is 1. The molecular weight excluding hydrogens is 194 g/mol. The summed E-state index contributed by atoms with van der Waals surface area (Å²) in [7, 11) is 0. The number of rotatable bonds is 5. The zero-order chi connectivity index (χ0) is 11.3. The topological polar surface area (TPSA) is 62.5 Å². The minimum atomic E-state index is -0.519. The summed E-state index contributed by atoms with van der Waals surface area (Å²) in [4.78, 5) is 11.7. The van der Waals surface area contributed by atoms with Gasteiger partial charge >= 0.3 is 0 Å². The van der Waals surface area contributed by atoms with Gasteiger partial charge in [-0.25, -0.2) is 0 Å². The molecule has 0 aliphatic heterocycles. The lowest BCUT2D eigenvalue weighted by molar-refractivity contribution is 0.0817. The van der Waals surface area contributed by atoms with Gasteiger partial charge < -0.3 is 14.8 Å². The molecule has 1 heterocycles. The van der Waals surface area contributed by atoms with E-state index < -0.39 is 5.54 Å². The van der Waals surface area contributed by atoms with E-state index in [2.05, 4.69) is 5.32 Å². The zero-order valence-electron chi connectivity index (χ0n) is 9.12. The fourth-order valence-corrected chi connectivity index (χ4v) is 1.40. The molecule has 0 saturated carbocycles. The number of carbonyl (C=O) groups is 1. The fourth-order valence-electron chi connectivity index (χ4n) is 1.40. The molecule has 0 aromatic carbocycles. The predicted octanol–water partition coefficient (Wildman–Crippen LogP) is 1.56. The van der Waals surface area contributed by atoms with Crippen molar-refractivity contribution in [1.29, 1.82) is 0 Å². The van der Waals surface area contributed by atoms with Crippen LogP contribution in [0.3, 0.4) is 0 Å². The van der Waals surface area contributed by atoms with Gasteiger partial charge in [0.1, 0.15) is 6.26 Å². The Labute approximate surface area is 89.3 Å². The van der Waals surface area contributed by atoms with Gasteiger partial charge in [-0.3, -0.25) is 4.79 Å². The average molecular weight is 211 g/mol. The second-order valence-corrected chi connectivity index (χ2v) is 3.61. The van der Waals surface area contributed by atoms with Crippen molar-refractivity contribution >= 4 is 5.91 Å². The highest BCUT2D eigenvalue weighted by Gasteiger charge is 2.27. The first-order chi connectivity index (χ1) is 7.17. The smallest absolute Gasteiger partial charge is 0.255 e. The Kier molecular flexibility index (Phi) is 3.91. The van der Waals surface area contributed by atoms with E-state index in [0.717, 1.165) is 0 Å². The molecule has 1 rings (SSSR count). The van der Waals surface area contributed by atoms with E-state index in [-0.39, 0.29) is 12.5 Å². The maximum Gasteiger partial charge on any atom is 0.255 e. The first kappa shape index (κ1) is 11.8. The molecule has 0 fully saturated rings. The van der Waals surface area contributed by atoms with Gasteiger partial charge in [0.15, 0.2) is 0 Å². The molecular formula is C11H17NO3. The highest BCUT2D eigenvalue weighted by atomic mass is 16.3. The Balaban J connectivity index is 2.71. The molecule has 0 unspecified atom stereocenters. The van der Waals surface area contributed by atoms with E-state index in [9.17, 15) is 9.90 Å². The summed E-state index contributed by atoms with van der Waals surface area (Å²) >= 11 is 0. The number of hydrogen-bond acceptors (Lipinski definition) is 3. The van der Waals surface area contributed by atoms with Gasteiger partial charge in [0.05, 0.1) is 24.0 Å². The largest absolute Gasteiger partial charge is 0.472 e.